The molecule has 1 aliphatic rings. The molecule has 114 valence electrons. The summed E-state index contributed by atoms with van der Waals surface area (Å²) >= 11 is 0. The molecule has 1 heterocycles. The van der Waals surface area contributed by atoms with Crippen molar-refractivity contribution in [1.29, 1.82) is 0 Å². The maximum Gasteiger partial charge on any atom is 0.272 e. The maximum absolute atomic E-state index is 12.9. The summed E-state index contributed by atoms with van der Waals surface area (Å²) < 4.78 is 12.9. The fourth-order valence-electron chi connectivity index (χ4n) is 2.40. The second-order valence-electron chi connectivity index (χ2n) is 5.47. The molecule has 1 aromatic heterocycles. The van der Waals surface area contributed by atoms with Crippen molar-refractivity contribution < 1.29 is 14.3 Å². The van der Waals surface area contributed by atoms with Crippen molar-refractivity contribution in [2.24, 2.45) is 0 Å². The summed E-state index contributed by atoms with van der Waals surface area (Å²) in [6.07, 6.45) is 2.62. The highest BCUT2D eigenvalue weighted by Crippen LogP contribution is 2.30. The van der Waals surface area contributed by atoms with Gasteiger partial charge in [-0.3, -0.25) is 9.78 Å². The van der Waals surface area contributed by atoms with Crippen LogP contribution in [0.4, 0.5) is 4.39 Å². The topological polar surface area (TPSA) is 53.4 Å². The molecule has 2 aromatic rings. The maximum atomic E-state index is 12.9. The molecule has 1 amide bonds. The summed E-state index contributed by atoms with van der Waals surface area (Å²) in [7, 11) is 0. The van der Waals surface area contributed by atoms with Gasteiger partial charge in [0.15, 0.2) is 0 Å². The third kappa shape index (κ3) is 3.31. The van der Waals surface area contributed by atoms with E-state index in [2.05, 4.69) is 4.98 Å². The van der Waals surface area contributed by atoms with Gasteiger partial charge >= 0.3 is 0 Å². The molecule has 1 atom stereocenters. The van der Waals surface area contributed by atoms with Gasteiger partial charge in [-0.25, -0.2) is 4.39 Å². The van der Waals surface area contributed by atoms with E-state index in [0.717, 1.165) is 12.8 Å². The molecule has 0 spiro atoms. The average molecular weight is 300 g/mol. The Labute approximate surface area is 128 Å². The van der Waals surface area contributed by atoms with Crippen molar-refractivity contribution >= 4 is 5.91 Å². The number of aliphatic hydroxyl groups is 1. The Kier molecular flexibility index (Phi) is 4.15. The number of benzene rings is 1. The van der Waals surface area contributed by atoms with Crippen molar-refractivity contribution in [3.8, 4) is 0 Å². The molecule has 4 nitrogen and oxygen atoms in total. The molecule has 3 rings (SSSR count). The number of carbonyl (C=O) groups excluding carboxylic acids is 1. The van der Waals surface area contributed by atoms with E-state index in [1.807, 2.05) is 0 Å². The van der Waals surface area contributed by atoms with Crippen molar-refractivity contribution in [2.75, 3.05) is 6.54 Å². The van der Waals surface area contributed by atoms with Gasteiger partial charge in [0.05, 0.1) is 12.6 Å². The van der Waals surface area contributed by atoms with Crippen LogP contribution < -0.4 is 0 Å². The molecule has 0 aliphatic heterocycles. The Morgan fingerprint density at radius 3 is 2.59 bits per heavy atom. The standard InChI is InChI=1S/C17H17FN2O2/c18-13-6-4-12(5-7-13)16(21)11-20(14-8-9-14)17(22)15-3-1-2-10-19-15/h1-7,10,14,16,21H,8-9,11H2. The molecular formula is C17H17FN2O2. The molecule has 0 radical (unpaired) electrons. The van der Waals surface area contributed by atoms with Crippen LogP contribution in [0.1, 0.15) is 35.0 Å². The lowest BCUT2D eigenvalue weighted by molar-refractivity contribution is 0.0597. The number of pyridine rings is 1. The van der Waals surface area contributed by atoms with E-state index in [1.54, 1.807) is 29.3 Å². The van der Waals surface area contributed by atoms with Crippen LogP contribution in [0.5, 0.6) is 0 Å². The highest BCUT2D eigenvalue weighted by atomic mass is 19.1. The summed E-state index contributed by atoms with van der Waals surface area (Å²) in [6.45, 7) is 0.186. The highest BCUT2D eigenvalue weighted by Gasteiger charge is 2.34. The summed E-state index contributed by atoms with van der Waals surface area (Å²) in [5.41, 5.74) is 0.974. The number of aliphatic hydroxyl groups excluding tert-OH is 1. The van der Waals surface area contributed by atoms with Gasteiger partial charge in [-0.05, 0) is 42.7 Å². The zero-order valence-corrected chi connectivity index (χ0v) is 12.0. The third-order valence-electron chi connectivity index (χ3n) is 3.76. The van der Waals surface area contributed by atoms with E-state index < -0.39 is 6.10 Å². The Balaban J connectivity index is 1.74. The summed E-state index contributed by atoms with van der Waals surface area (Å²) in [5.74, 6) is -0.524. The van der Waals surface area contributed by atoms with Crippen LogP contribution in [-0.2, 0) is 0 Å². The van der Waals surface area contributed by atoms with Crippen LogP contribution in [0.25, 0.3) is 0 Å². The molecule has 1 unspecified atom stereocenters. The largest absolute Gasteiger partial charge is 0.387 e. The molecule has 22 heavy (non-hydrogen) atoms. The van der Waals surface area contributed by atoms with Gasteiger partial charge < -0.3 is 10.0 Å². The fourth-order valence-corrected chi connectivity index (χ4v) is 2.40. The first-order valence-electron chi connectivity index (χ1n) is 7.30. The van der Waals surface area contributed by atoms with E-state index in [1.165, 1.54) is 24.3 Å². The molecule has 1 fully saturated rings. The van der Waals surface area contributed by atoms with Gasteiger partial charge in [0.25, 0.3) is 5.91 Å². The Morgan fingerprint density at radius 1 is 1.27 bits per heavy atom. The SMILES string of the molecule is O=C(c1ccccn1)N(CC(O)c1ccc(F)cc1)C1CC1. The van der Waals surface area contributed by atoms with Crippen molar-refractivity contribution in [2.45, 2.75) is 25.0 Å². The zero-order chi connectivity index (χ0) is 15.5. The summed E-state index contributed by atoms with van der Waals surface area (Å²) in [5, 5.41) is 10.3. The lowest BCUT2D eigenvalue weighted by Gasteiger charge is -2.25. The average Bonchev–Trinajstić information content (AvgIpc) is 3.38. The van der Waals surface area contributed by atoms with Gasteiger partial charge in [0, 0.05) is 12.2 Å². The van der Waals surface area contributed by atoms with Crippen LogP contribution in [0.15, 0.2) is 48.7 Å². The van der Waals surface area contributed by atoms with Crippen molar-refractivity contribution in [3.63, 3.8) is 0 Å². The number of aromatic nitrogens is 1. The van der Waals surface area contributed by atoms with Crippen molar-refractivity contribution in [1.82, 2.24) is 9.88 Å². The third-order valence-corrected chi connectivity index (χ3v) is 3.76. The molecule has 0 bridgehead atoms. The number of nitrogens with zero attached hydrogens (tertiary/aromatic N) is 2. The minimum absolute atomic E-state index is 0.157. The molecule has 1 saturated carbocycles. The number of amides is 1. The number of hydrogen-bond acceptors (Lipinski definition) is 3. The lowest BCUT2D eigenvalue weighted by Crippen LogP contribution is -2.37. The normalized spacial score (nSPS) is 15.4. The number of rotatable bonds is 5. The Morgan fingerprint density at radius 2 is 2.00 bits per heavy atom. The van der Waals surface area contributed by atoms with Gasteiger partial charge in [-0.2, -0.15) is 0 Å². The molecule has 1 N–H and O–H groups in total. The molecule has 1 aliphatic carbocycles. The second kappa shape index (κ2) is 6.23. The smallest absolute Gasteiger partial charge is 0.272 e. The molecule has 1 aromatic carbocycles. The van der Waals surface area contributed by atoms with Crippen LogP contribution >= 0.6 is 0 Å². The monoisotopic (exact) mass is 300 g/mol. The minimum Gasteiger partial charge on any atom is -0.387 e. The lowest BCUT2D eigenvalue weighted by atomic mass is 10.1. The van der Waals surface area contributed by atoms with E-state index in [9.17, 15) is 14.3 Å². The summed E-state index contributed by atoms with van der Waals surface area (Å²) in [4.78, 5) is 18.3. The van der Waals surface area contributed by atoms with Crippen LogP contribution in [0, 0.1) is 5.82 Å². The number of carbonyl (C=O) groups is 1. The molecule has 0 saturated heterocycles. The predicted molar refractivity (Wildman–Crippen MR) is 79.7 cm³/mol. The predicted octanol–water partition coefficient (Wildman–Crippen LogP) is 2.56. The molecule has 5 heteroatoms. The summed E-state index contributed by atoms with van der Waals surface area (Å²) in [6, 6.07) is 11.0. The van der Waals surface area contributed by atoms with Crippen LogP contribution in [0.3, 0.4) is 0 Å². The quantitative estimate of drug-likeness (QED) is 0.923. The number of hydrogen-bond donors (Lipinski definition) is 1. The van der Waals surface area contributed by atoms with Gasteiger partial charge in [-0.15, -0.1) is 0 Å². The first-order valence-corrected chi connectivity index (χ1v) is 7.30. The first kappa shape index (κ1) is 14.7. The van der Waals surface area contributed by atoms with Gasteiger partial charge in [0.2, 0.25) is 0 Å². The Hall–Kier alpha value is -2.27. The minimum atomic E-state index is -0.839. The first-order chi connectivity index (χ1) is 10.6. The Bertz CT molecular complexity index is 641. The van der Waals surface area contributed by atoms with E-state index >= 15 is 0 Å². The second-order valence-corrected chi connectivity index (χ2v) is 5.47. The van der Waals surface area contributed by atoms with E-state index in [0.29, 0.717) is 11.3 Å². The number of halogens is 1. The fraction of sp³-hybridized carbons (Fsp3) is 0.294. The zero-order valence-electron chi connectivity index (χ0n) is 12.0. The van der Waals surface area contributed by atoms with Gasteiger partial charge in [-0.1, -0.05) is 18.2 Å². The van der Waals surface area contributed by atoms with Gasteiger partial charge in [0.1, 0.15) is 11.5 Å². The highest BCUT2D eigenvalue weighted by molar-refractivity contribution is 5.92. The van der Waals surface area contributed by atoms with E-state index in [-0.39, 0.29) is 24.3 Å². The van der Waals surface area contributed by atoms with E-state index in [4.69, 9.17) is 0 Å². The van der Waals surface area contributed by atoms with Crippen molar-refractivity contribution in [3.05, 3.63) is 65.7 Å². The van der Waals surface area contributed by atoms with Crippen LogP contribution in [-0.4, -0.2) is 33.5 Å². The molecular weight excluding hydrogens is 283 g/mol. The van der Waals surface area contributed by atoms with Crippen LogP contribution in [0.2, 0.25) is 0 Å².